The van der Waals surface area contributed by atoms with Gasteiger partial charge in [0.25, 0.3) is 0 Å². The monoisotopic (exact) mass is 253 g/mol. The van der Waals surface area contributed by atoms with Gasteiger partial charge in [0, 0.05) is 6.92 Å². The lowest BCUT2D eigenvalue weighted by Crippen LogP contribution is -1.87. The first kappa shape index (κ1) is 9.71. The van der Waals surface area contributed by atoms with E-state index in [1.807, 2.05) is 6.92 Å². The molecule has 0 saturated heterocycles. The molecule has 0 aliphatic rings. The second-order valence-electron chi connectivity index (χ2n) is 3.74. The first-order valence-corrected chi connectivity index (χ1v) is 5.44. The smallest absolute Gasteiger partial charge is 0.192 e. The molecule has 2 nitrogen and oxygen atoms in total. The Morgan fingerprint density at radius 3 is 2.71 bits per heavy atom. The Kier molecular flexibility index (Phi) is 2.35. The standard InChI is InChI=1S/C11H12BrNO/c1-6(2)8-4-9(12)11-10(5-8)13-7(3)14-11/h4-6H,1-3H3. The highest BCUT2D eigenvalue weighted by atomic mass is 79.9. The normalized spacial score (nSPS) is 11.5. The fraction of sp³-hybridized carbons (Fsp3) is 0.364. The van der Waals surface area contributed by atoms with Gasteiger partial charge in [0.1, 0.15) is 5.52 Å². The molecule has 0 saturated carbocycles. The summed E-state index contributed by atoms with van der Waals surface area (Å²) in [4.78, 5) is 4.32. The Morgan fingerprint density at radius 2 is 2.07 bits per heavy atom. The van der Waals surface area contributed by atoms with E-state index in [2.05, 4.69) is 46.9 Å². The molecule has 0 spiro atoms. The van der Waals surface area contributed by atoms with Crippen LogP contribution in [-0.4, -0.2) is 4.98 Å². The number of fused-ring (bicyclic) bond motifs is 1. The van der Waals surface area contributed by atoms with Crippen molar-refractivity contribution in [1.82, 2.24) is 4.98 Å². The Balaban J connectivity index is 2.71. The molecule has 74 valence electrons. The summed E-state index contributed by atoms with van der Waals surface area (Å²) in [6.07, 6.45) is 0. The second kappa shape index (κ2) is 3.39. The van der Waals surface area contributed by atoms with Crippen LogP contribution in [0.15, 0.2) is 21.0 Å². The molecule has 0 atom stereocenters. The molecule has 14 heavy (non-hydrogen) atoms. The predicted molar refractivity (Wildman–Crippen MR) is 60.5 cm³/mol. The highest BCUT2D eigenvalue weighted by Crippen LogP contribution is 2.29. The zero-order valence-electron chi connectivity index (χ0n) is 8.47. The number of hydrogen-bond acceptors (Lipinski definition) is 2. The number of rotatable bonds is 1. The number of aromatic nitrogens is 1. The summed E-state index contributed by atoms with van der Waals surface area (Å²) in [6, 6.07) is 4.18. The van der Waals surface area contributed by atoms with Gasteiger partial charge >= 0.3 is 0 Å². The molecule has 1 aromatic carbocycles. The molecule has 1 aromatic heterocycles. The van der Waals surface area contributed by atoms with Gasteiger partial charge in [-0.15, -0.1) is 0 Å². The van der Waals surface area contributed by atoms with Gasteiger partial charge < -0.3 is 4.42 Å². The first-order chi connectivity index (χ1) is 6.58. The van der Waals surface area contributed by atoms with E-state index < -0.39 is 0 Å². The molecule has 0 aliphatic carbocycles. The molecule has 1 heterocycles. The molecular formula is C11H12BrNO. The molecule has 3 heteroatoms. The third-order valence-electron chi connectivity index (χ3n) is 2.24. The maximum atomic E-state index is 5.48. The maximum absolute atomic E-state index is 5.48. The van der Waals surface area contributed by atoms with Gasteiger partial charge in [-0.05, 0) is 39.5 Å². The van der Waals surface area contributed by atoms with Crippen molar-refractivity contribution in [2.45, 2.75) is 26.7 Å². The molecule has 0 bridgehead atoms. The summed E-state index contributed by atoms with van der Waals surface area (Å²) in [6.45, 7) is 6.20. The zero-order chi connectivity index (χ0) is 10.3. The largest absolute Gasteiger partial charge is 0.440 e. The predicted octanol–water partition coefficient (Wildman–Crippen LogP) is 4.02. The van der Waals surface area contributed by atoms with E-state index in [9.17, 15) is 0 Å². The molecule has 2 rings (SSSR count). The topological polar surface area (TPSA) is 26.0 Å². The van der Waals surface area contributed by atoms with E-state index in [0.717, 1.165) is 15.6 Å². The van der Waals surface area contributed by atoms with Gasteiger partial charge in [-0.3, -0.25) is 0 Å². The third kappa shape index (κ3) is 1.57. The highest BCUT2D eigenvalue weighted by Gasteiger charge is 2.09. The minimum absolute atomic E-state index is 0.507. The lowest BCUT2D eigenvalue weighted by atomic mass is 10.0. The minimum atomic E-state index is 0.507. The average molecular weight is 254 g/mol. The summed E-state index contributed by atoms with van der Waals surface area (Å²) >= 11 is 3.50. The van der Waals surface area contributed by atoms with Crippen molar-refractivity contribution in [3.05, 3.63) is 28.1 Å². The molecule has 0 radical (unpaired) electrons. The molecule has 0 N–H and O–H groups in total. The quantitative estimate of drug-likeness (QED) is 0.768. The lowest BCUT2D eigenvalue weighted by Gasteiger charge is -2.04. The van der Waals surface area contributed by atoms with Crippen molar-refractivity contribution in [3.8, 4) is 0 Å². The molecule has 0 unspecified atom stereocenters. The minimum Gasteiger partial charge on any atom is -0.440 e. The van der Waals surface area contributed by atoms with Gasteiger partial charge in [-0.25, -0.2) is 4.98 Å². The van der Waals surface area contributed by atoms with E-state index in [0.29, 0.717) is 11.8 Å². The summed E-state index contributed by atoms with van der Waals surface area (Å²) < 4.78 is 6.46. The van der Waals surface area contributed by atoms with Crippen LogP contribution < -0.4 is 0 Å². The van der Waals surface area contributed by atoms with Crippen LogP contribution in [0.25, 0.3) is 11.1 Å². The summed E-state index contributed by atoms with van der Waals surface area (Å²) in [7, 11) is 0. The van der Waals surface area contributed by atoms with Crippen LogP contribution in [0.4, 0.5) is 0 Å². The summed E-state index contributed by atoms with van der Waals surface area (Å²) in [5, 5.41) is 0. The van der Waals surface area contributed by atoms with Crippen molar-refractivity contribution in [2.24, 2.45) is 0 Å². The van der Waals surface area contributed by atoms with Crippen molar-refractivity contribution in [1.29, 1.82) is 0 Å². The Morgan fingerprint density at radius 1 is 1.36 bits per heavy atom. The maximum Gasteiger partial charge on any atom is 0.192 e. The van der Waals surface area contributed by atoms with Crippen LogP contribution in [0, 0.1) is 6.92 Å². The summed E-state index contributed by atoms with van der Waals surface area (Å²) in [5.41, 5.74) is 3.05. The van der Waals surface area contributed by atoms with Crippen molar-refractivity contribution in [2.75, 3.05) is 0 Å². The van der Waals surface area contributed by atoms with E-state index in [-0.39, 0.29) is 0 Å². The molecule has 0 amide bonds. The number of nitrogens with zero attached hydrogens (tertiary/aromatic N) is 1. The van der Waals surface area contributed by atoms with Crippen molar-refractivity contribution in [3.63, 3.8) is 0 Å². The lowest BCUT2D eigenvalue weighted by molar-refractivity contribution is 0.559. The number of hydrogen-bond donors (Lipinski definition) is 0. The highest BCUT2D eigenvalue weighted by molar-refractivity contribution is 9.10. The van der Waals surface area contributed by atoms with Gasteiger partial charge in [0.2, 0.25) is 0 Å². The van der Waals surface area contributed by atoms with Crippen LogP contribution in [0.5, 0.6) is 0 Å². The van der Waals surface area contributed by atoms with Crippen molar-refractivity contribution >= 4 is 27.0 Å². The van der Waals surface area contributed by atoms with Crippen LogP contribution in [0.3, 0.4) is 0 Å². The van der Waals surface area contributed by atoms with E-state index in [1.165, 1.54) is 5.56 Å². The number of halogens is 1. The average Bonchev–Trinajstić information content (AvgIpc) is 2.45. The third-order valence-corrected chi connectivity index (χ3v) is 2.83. The second-order valence-corrected chi connectivity index (χ2v) is 4.59. The fourth-order valence-electron chi connectivity index (χ4n) is 1.46. The van der Waals surface area contributed by atoms with Gasteiger partial charge in [0.15, 0.2) is 11.5 Å². The van der Waals surface area contributed by atoms with Crippen molar-refractivity contribution < 1.29 is 4.42 Å². The van der Waals surface area contributed by atoms with Gasteiger partial charge in [-0.2, -0.15) is 0 Å². The molecule has 0 fully saturated rings. The van der Waals surface area contributed by atoms with Crippen LogP contribution in [0.1, 0.15) is 31.2 Å². The number of benzene rings is 1. The SMILES string of the molecule is Cc1nc2cc(C(C)C)cc(Br)c2o1. The first-order valence-electron chi connectivity index (χ1n) is 4.64. The summed E-state index contributed by atoms with van der Waals surface area (Å²) in [5.74, 6) is 1.22. The van der Waals surface area contributed by atoms with Gasteiger partial charge in [0.05, 0.1) is 4.47 Å². The Hall–Kier alpha value is -0.830. The van der Waals surface area contributed by atoms with Crippen LogP contribution in [-0.2, 0) is 0 Å². The van der Waals surface area contributed by atoms with Gasteiger partial charge in [-0.1, -0.05) is 13.8 Å². The van der Waals surface area contributed by atoms with E-state index >= 15 is 0 Å². The Bertz CT molecular complexity index is 473. The Labute approximate surface area is 91.5 Å². The fourth-order valence-corrected chi connectivity index (χ4v) is 2.01. The van der Waals surface area contributed by atoms with E-state index in [1.54, 1.807) is 0 Å². The number of oxazole rings is 1. The number of aryl methyl sites for hydroxylation is 1. The van der Waals surface area contributed by atoms with Crippen LogP contribution in [0.2, 0.25) is 0 Å². The van der Waals surface area contributed by atoms with E-state index in [4.69, 9.17) is 4.42 Å². The molecule has 2 aromatic rings. The van der Waals surface area contributed by atoms with Crippen LogP contribution >= 0.6 is 15.9 Å². The molecular weight excluding hydrogens is 242 g/mol. The molecule has 0 aliphatic heterocycles. The zero-order valence-corrected chi connectivity index (χ0v) is 10.1.